The molecule has 3 heterocycles. The number of amides is 1. The average Bonchev–Trinajstić information content (AvgIpc) is 3.32. The van der Waals surface area contributed by atoms with Crippen molar-refractivity contribution in [2.45, 2.75) is 38.8 Å². The van der Waals surface area contributed by atoms with Gasteiger partial charge in [0.25, 0.3) is 0 Å². The topological polar surface area (TPSA) is 66.8 Å². The number of fused-ring (bicyclic) bond motifs is 1. The van der Waals surface area contributed by atoms with Gasteiger partial charge in [0.1, 0.15) is 18.2 Å². The summed E-state index contributed by atoms with van der Waals surface area (Å²) in [6, 6.07) is 5.59. The molecular weight excluding hydrogens is 338 g/mol. The molecule has 6 nitrogen and oxygen atoms in total. The minimum atomic E-state index is -0.00715. The lowest BCUT2D eigenvalue weighted by molar-refractivity contribution is -0.132. The first-order chi connectivity index (χ1) is 12.2. The van der Waals surface area contributed by atoms with E-state index in [4.69, 9.17) is 11.6 Å². The molecule has 0 bridgehead atoms. The van der Waals surface area contributed by atoms with Crippen LogP contribution in [0.15, 0.2) is 30.6 Å². The number of hydrogen-bond donors (Lipinski definition) is 1. The van der Waals surface area contributed by atoms with E-state index in [2.05, 4.69) is 15.0 Å². The Morgan fingerprint density at radius 3 is 3.16 bits per heavy atom. The van der Waals surface area contributed by atoms with Gasteiger partial charge < -0.3 is 14.5 Å². The first-order valence-electron chi connectivity index (χ1n) is 8.60. The Labute approximate surface area is 150 Å². The van der Waals surface area contributed by atoms with Gasteiger partial charge in [-0.25, -0.2) is 9.97 Å². The molecule has 1 aliphatic heterocycles. The van der Waals surface area contributed by atoms with Crippen molar-refractivity contribution in [3.63, 3.8) is 0 Å². The van der Waals surface area contributed by atoms with Crippen LogP contribution in [0, 0.1) is 0 Å². The number of hydrogen-bond acceptors (Lipinski definition) is 3. The molecule has 1 aliphatic rings. The predicted octanol–water partition coefficient (Wildman–Crippen LogP) is 3.34. The summed E-state index contributed by atoms with van der Waals surface area (Å²) in [6.45, 7) is 3.13. The van der Waals surface area contributed by atoms with E-state index in [1.54, 1.807) is 6.20 Å². The molecule has 1 atom stereocenters. The Hall–Kier alpha value is -2.34. The molecule has 25 heavy (non-hydrogen) atoms. The Bertz CT molecular complexity index is 915. The predicted molar refractivity (Wildman–Crippen MR) is 96.4 cm³/mol. The normalized spacial score (nSPS) is 17.5. The van der Waals surface area contributed by atoms with Crippen LogP contribution in [0.1, 0.15) is 37.5 Å². The number of carbonyl (C=O) groups is 1. The van der Waals surface area contributed by atoms with Crippen LogP contribution in [0.3, 0.4) is 0 Å². The van der Waals surface area contributed by atoms with Crippen LogP contribution in [0.5, 0.6) is 0 Å². The zero-order valence-electron chi connectivity index (χ0n) is 14.1. The second kappa shape index (κ2) is 6.52. The van der Waals surface area contributed by atoms with Crippen LogP contribution < -0.4 is 0 Å². The number of imidazole rings is 2. The third-order valence-electron chi connectivity index (χ3n) is 4.77. The molecule has 130 valence electrons. The van der Waals surface area contributed by atoms with E-state index in [0.717, 1.165) is 48.5 Å². The zero-order chi connectivity index (χ0) is 17.4. The van der Waals surface area contributed by atoms with Gasteiger partial charge in [0.05, 0.1) is 17.1 Å². The number of halogens is 1. The van der Waals surface area contributed by atoms with Crippen molar-refractivity contribution < 1.29 is 4.79 Å². The fraction of sp³-hybridized carbons (Fsp3) is 0.389. The fourth-order valence-corrected chi connectivity index (χ4v) is 3.72. The van der Waals surface area contributed by atoms with E-state index in [9.17, 15) is 4.79 Å². The van der Waals surface area contributed by atoms with Crippen molar-refractivity contribution in [1.29, 1.82) is 0 Å². The van der Waals surface area contributed by atoms with Crippen molar-refractivity contribution in [3.8, 4) is 0 Å². The summed E-state index contributed by atoms with van der Waals surface area (Å²) in [4.78, 5) is 27.1. The van der Waals surface area contributed by atoms with Gasteiger partial charge in [0.15, 0.2) is 0 Å². The summed E-state index contributed by atoms with van der Waals surface area (Å²) in [5.41, 5.74) is 1.78. The van der Waals surface area contributed by atoms with Crippen LogP contribution in [0.2, 0.25) is 5.02 Å². The van der Waals surface area contributed by atoms with E-state index in [1.807, 2.05) is 40.8 Å². The smallest absolute Gasteiger partial charge is 0.243 e. The third-order valence-corrected chi connectivity index (χ3v) is 5.01. The largest absolute Gasteiger partial charge is 0.340 e. The molecule has 0 spiro atoms. The Balaban J connectivity index is 1.57. The van der Waals surface area contributed by atoms with Crippen LogP contribution >= 0.6 is 11.6 Å². The van der Waals surface area contributed by atoms with Gasteiger partial charge in [-0.05, 0) is 31.0 Å². The second-order valence-electron chi connectivity index (χ2n) is 6.35. The quantitative estimate of drug-likeness (QED) is 0.778. The molecule has 7 heteroatoms. The van der Waals surface area contributed by atoms with E-state index < -0.39 is 0 Å². The molecule has 3 aromatic rings. The first-order valence-corrected chi connectivity index (χ1v) is 8.98. The highest BCUT2D eigenvalue weighted by atomic mass is 35.5. The van der Waals surface area contributed by atoms with E-state index >= 15 is 0 Å². The third kappa shape index (κ3) is 3.02. The number of aromatic nitrogens is 4. The number of benzene rings is 1. The Morgan fingerprint density at radius 2 is 2.32 bits per heavy atom. The number of aromatic amines is 1. The van der Waals surface area contributed by atoms with Gasteiger partial charge in [-0.2, -0.15) is 0 Å². The highest BCUT2D eigenvalue weighted by Crippen LogP contribution is 2.32. The number of likely N-dealkylation sites (tertiary alicyclic amines) is 1. The van der Waals surface area contributed by atoms with Gasteiger partial charge >= 0.3 is 0 Å². The second-order valence-corrected chi connectivity index (χ2v) is 6.79. The van der Waals surface area contributed by atoms with Crippen molar-refractivity contribution in [1.82, 2.24) is 24.4 Å². The average molecular weight is 358 g/mol. The van der Waals surface area contributed by atoms with E-state index in [-0.39, 0.29) is 11.9 Å². The number of rotatable bonds is 4. The van der Waals surface area contributed by atoms with Crippen LogP contribution in [0.4, 0.5) is 0 Å². The molecule has 1 aromatic carbocycles. The number of nitrogens with one attached hydrogen (secondary N) is 1. The molecule has 4 rings (SSSR count). The van der Waals surface area contributed by atoms with Crippen LogP contribution in [-0.2, 0) is 17.8 Å². The maximum Gasteiger partial charge on any atom is 0.243 e. The summed E-state index contributed by atoms with van der Waals surface area (Å²) < 4.78 is 1.93. The maximum absolute atomic E-state index is 12.8. The highest BCUT2D eigenvalue weighted by molar-refractivity contribution is 6.31. The monoisotopic (exact) mass is 357 g/mol. The van der Waals surface area contributed by atoms with Gasteiger partial charge in [0, 0.05) is 30.4 Å². The number of carbonyl (C=O) groups excluding carboxylic acids is 1. The van der Waals surface area contributed by atoms with Crippen LogP contribution in [-0.4, -0.2) is 36.9 Å². The lowest BCUT2D eigenvalue weighted by atomic mass is 10.2. The van der Waals surface area contributed by atoms with Gasteiger partial charge in [-0.3, -0.25) is 4.79 Å². The molecule has 1 unspecified atom stereocenters. The summed E-state index contributed by atoms with van der Waals surface area (Å²) in [5.74, 6) is 1.88. The molecule has 0 aliphatic carbocycles. The van der Waals surface area contributed by atoms with Gasteiger partial charge in [-0.15, -0.1) is 0 Å². The number of H-pyrrole nitrogens is 1. The van der Waals surface area contributed by atoms with Gasteiger partial charge in [0.2, 0.25) is 5.91 Å². The summed E-state index contributed by atoms with van der Waals surface area (Å²) in [7, 11) is 0. The Morgan fingerprint density at radius 1 is 1.44 bits per heavy atom. The van der Waals surface area contributed by atoms with Crippen molar-refractivity contribution >= 4 is 28.5 Å². The molecule has 1 N–H and O–H groups in total. The minimum Gasteiger partial charge on any atom is -0.340 e. The van der Waals surface area contributed by atoms with E-state index in [0.29, 0.717) is 11.6 Å². The van der Waals surface area contributed by atoms with Gasteiger partial charge in [-0.1, -0.05) is 18.5 Å². The van der Waals surface area contributed by atoms with Crippen LogP contribution in [0.25, 0.3) is 11.0 Å². The molecule has 1 fully saturated rings. The summed E-state index contributed by atoms with van der Waals surface area (Å²) in [5, 5.41) is 0.675. The Kier molecular flexibility index (Phi) is 4.21. The minimum absolute atomic E-state index is 0.00715. The summed E-state index contributed by atoms with van der Waals surface area (Å²) in [6.07, 6.45) is 6.33. The molecule has 1 amide bonds. The molecule has 1 saturated heterocycles. The number of aryl methyl sites for hydroxylation is 1. The highest BCUT2D eigenvalue weighted by Gasteiger charge is 2.32. The lowest BCUT2D eigenvalue weighted by Gasteiger charge is -2.23. The maximum atomic E-state index is 12.8. The number of nitrogens with zero attached hydrogens (tertiary/aromatic N) is 4. The van der Waals surface area contributed by atoms with E-state index in [1.165, 1.54) is 0 Å². The van der Waals surface area contributed by atoms with Crippen molar-refractivity contribution in [2.24, 2.45) is 0 Å². The molecule has 2 aromatic heterocycles. The molecular formula is C18H20ClN5O. The first kappa shape index (κ1) is 16.1. The fourth-order valence-electron chi connectivity index (χ4n) is 3.54. The standard InChI is InChI=1S/C18H20ClN5O/c1-2-16-20-7-9-23(16)11-17(25)24-8-3-4-15(24)18-21-13-6-5-12(19)10-14(13)22-18/h5-7,9-10,15H,2-4,8,11H2,1H3,(H,21,22). The van der Waals surface area contributed by atoms with Crippen molar-refractivity contribution in [2.75, 3.05) is 6.54 Å². The zero-order valence-corrected chi connectivity index (χ0v) is 14.8. The lowest BCUT2D eigenvalue weighted by Crippen LogP contribution is -2.34. The molecule has 0 saturated carbocycles. The SMILES string of the molecule is CCc1nccn1CC(=O)N1CCCC1c1nc2ccc(Cl)cc2[nH]1. The van der Waals surface area contributed by atoms with Crippen molar-refractivity contribution in [3.05, 3.63) is 47.3 Å². The molecule has 0 radical (unpaired) electrons. The summed E-state index contributed by atoms with van der Waals surface area (Å²) >= 11 is 6.05.